The monoisotopic (exact) mass is 266 g/mol. The fourth-order valence-electron chi connectivity index (χ4n) is 1.88. The maximum absolute atomic E-state index is 11.2. The molecule has 2 rings (SSSR count). The standard InChI is InChI=1S/C14H18O5/c1-14(2,13(16)17)12(15)9-4-5-10-11(8-9)19-7-3-6-18-10/h4-5,8,12,15H,3,6-7H2,1-2H3,(H,16,17). The van der Waals surface area contributed by atoms with Gasteiger partial charge in [0.2, 0.25) is 0 Å². The van der Waals surface area contributed by atoms with Gasteiger partial charge in [-0.05, 0) is 31.5 Å². The molecule has 1 aromatic rings. The van der Waals surface area contributed by atoms with Gasteiger partial charge >= 0.3 is 5.97 Å². The molecule has 0 aliphatic carbocycles. The van der Waals surface area contributed by atoms with Gasteiger partial charge in [-0.15, -0.1) is 0 Å². The summed E-state index contributed by atoms with van der Waals surface area (Å²) >= 11 is 0. The van der Waals surface area contributed by atoms with Crippen LogP contribution in [-0.4, -0.2) is 29.4 Å². The Kier molecular flexibility index (Phi) is 3.66. The Morgan fingerprint density at radius 1 is 1.26 bits per heavy atom. The molecule has 19 heavy (non-hydrogen) atoms. The van der Waals surface area contributed by atoms with Crippen molar-refractivity contribution in [2.24, 2.45) is 5.41 Å². The van der Waals surface area contributed by atoms with Gasteiger partial charge in [-0.3, -0.25) is 4.79 Å². The predicted molar refractivity (Wildman–Crippen MR) is 68.4 cm³/mol. The molecule has 0 spiro atoms. The summed E-state index contributed by atoms with van der Waals surface area (Å²) in [4.78, 5) is 11.2. The minimum absolute atomic E-state index is 0.511. The average Bonchev–Trinajstić information content (AvgIpc) is 2.61. The van der Waals surface area contributed by atoms with Gasteiger partial charge in [0, 0.05) is 6.42 Å². The second-order valence-electron chi connectivity index (χ2n) is 5.19. The van der Waals surface area contributed by atoms with E-state index in [1.54, 1.807) is 18.2 Å². The van der Waals surface area contributed by atoms with Crippen molar-refractivity contribution in [1.82, 2.24) is 0 Å². The minimum Gasteiger partial charge on any atom is -0.490 e. The second kappa shape index (κ2) is 5.09. The minimum atomic E-state index is -1.26. The van der Waals surface area contributed by atoms with Crippen molar-refractivity contribution in [3.8, 4) is 11.5 Å². The molecule has 1 aliphatic rings. The third-order valence-electron chi connectivity index (χ3n) is 3.32. The van der Waals surface area contributed by atoms with Gasteiger partial charge < -0.3 is 19.7 Å². The molecule has 1 unspecified atom stereocenters. The lowest BCUT2D eigenvalue weighted by molar-refractivity contribution is -0.153. The van der Waals surface area contributed by atoms with Gasteiger partial charge in [0.1, 0.15) is 0 Å². The first-order chi connectivity index (χ1) is 8.93. The zero-order chi connectivity index (χ0) is 14.0. The topological polar surface area (TPSA) is 76.0 Å². The molecule has 5 heteroatoms. The van der Waals surface area contributed by atoms with Gasteiger partial charge in [-0.1, -0.05) is 6.07 Å². The Morgan fingerprint density at radius 3 is 2.53 bits per heavy atom. The first-order valence-electron chi connectivity index (χ1n) is 6.24. The van der Waals surface area contributed by atoms with Crippen LogP contribution in [0.4, 0.5) is 0 Å². The molecular formula is C14H18O5. The van der Waals surface area contributed by atoms with E-state index in [2.05, 4.69) is 0 Å². The van der Waals surface area contributed by atoms with Crippen LogP contribution in [0.1, 0.15) is 31.9 Å². The molecule has 104 valence electrons. The lowest BCUT2D eigenvalue weighted by Crippen LogP contribution is -2.31. The summed E-state index contributed by atoms with van der Waals surface area (Å²) in [7, 11) is 0. The molecule has 0 bridgehead atoms. The summed E-state index contributed by atoms with van der Waals surface area (Å²) in [6, 6.07) is 5.02. The molecule has 0 saturated carbocycles. The molecular weight excluding hydrogens is 248 g/mol. The summed E-state index contributed by atoms with van der Waals surface area (Å²) < 4.78 is 11.0. The third kappa shape index (κ3) is 2.66. The highest BCUT2D eigenvalue weighted by molar-refractivity contribution is 5.74. The maximum Gasteiger partial charge on any atom is 0.312 e. The Labute approximate surface area is 111 Å². The highest BCUT2D eigenvalue weighted by Gasteiger charge is 2.37. The van der Waals surface area contributed by atoms with E-state index in [4.69, 9.17) is 14.6 Å². The van der Waals surface area contributed by atoms with Crippen molar-refractivity contribution in [3.05, 3.63) is 23.8 Å². The number of hydrogen-bond acceptors (Lipinski definition) is 4. The van der Waals surface area contributed by atoms with Crippen LogP contribution < -0.4 is 9.47 Å². The molecule has 2 N–H and O–H groups in total. The van der Waals surface area contributed by atoms with Crippen molar-refractivity contribution in [1.29, 1.82) is 0 Å². The molecule has 1 aromatic carbocycles. The SMILES string of the molecule is CC(C)(C(=O)O)C(O)c1ccc2c(c1)OCCCO2. The van der Waals surface area contributed by atoms with Crippen LogP contribution in [0.15, 0.2) is 18.2 Å². The molecule has 0 amide bonds. The Hall–Kier alpha value is -1.75. The lowest BCUT2D eigenvalue weighted by Gasteiger charge is -2.26. The smallest absolute Gasteiger partial charge is 0.312 e. The number of carbonyl (C=O) groups is 1. The van der Waals surface area contributed by atoms with Crippen molar-refractivity contribution >= 4 is 5.97 Å². The molecule has 0 radical (unpaired) electrons. The van der Waals surface area contributed by atoms with Crippen LogP contribution in [0, 0.1) is 5.41 Å². The summed E-state index contributed by atoms with van der Waals surface area (Å²) in [5, 5.41) is 19.4. The molecule has 0 saturated heterocycles. The van der Waals surface area contributed by atoms with Crippen LogP contribution >= 0.6 is 0 Å². The molecule has 1 aliphatic heterocycles. The summed E-state index contributed by atoms with van der Waals surface area (Å²) in [6.45, 7) is 4.12. The van der Waals surface area contributed by atoms with E-state index < -0.39 is 17.5 Å². The number of aliphatic hydroxyl groups is 1. The maximum atomic E-state index is 11.2. The summed E-state index contributed by atoms with van der Waals surface area (Å²) in [5.74, 6) is 0.129. The fourth-order valence-corrected chi connectivity index (χ4v) is 1.88. The first kappa shape index (κ1) is 13.7. The molecule has 1 atom stereocenters. The van der Waals surface area contributed by atoms with E-state index in [9.17, 15) is 9.90 Å². The summed E-state index contributed by atoms with van der Waals surface area (Å²) in [5.41, 5.74) is -0.753. The van der Waals surface area contributed by atoms with Gasteiger partial charge in [-0.25, -0.2) is 0 Å². The van der Waals surface area contributed by atoms with Gasteiger partial charge in [-0.2, -0.15) is 0 Å². The van der Waals surface area contributed by atoms with Crippen LogP contribution in [0.3, 0.4) is 0 Å². The highest BCUT2D eigenvalue weighted by Crippen LogP contribution is 2.38. The molecule has 5 nitrogen and oxygen atoms in total. The number of aliphatic carboxylic acids is 1. The normalized spacial score (nSPS) is 16.6. The van der Waals surface area contributed by atoms with E-state index in [0.29, 0.717) is 30.3 Å². The second-order valence-corrected chi connectivity index (χ2v) is 5.19. The highest BCUT2D eigenvalue weighted by atomic mass is 16.5. The zero-order valence-electron chi connectivity index (χ0n) is 11.0. The van der Waals surface area contributed by atoms with Crippen molar-refractivity contribution in [3.63, 3.8) is 0 Å². The summed E-state index contributed by atoms with van der Waals surface area (Å²) in [6.07, 6.45) is -0.310. The first-order valence-corrected chi connectivity index (χ1v) is 6.24. The number of rotatable bonds is 3. The lowest BCUT2D eigenvalue weighted by atomic mass is 9.83. The number of fused-ring (bicyclic) bond motifs is 1. The average molecular weight is 266 g/mol. The number of carboxylic acid groups (broad SMARTS) is 1. The largest absolute Gasteiger partial charge is 0.490 e. The number of carboxylic acids is 1. The molecule has 1 heterocycles. The van der Waals surface area contributed by atoms with E-state index in [1.165, 1.54) is 13.8 Å². The van der Waals surface area contributed by atoms with Crippen molar-refractivity contribution < 1.29 is 24.5 Å². The van der Waals surface area contributed by atoms with Crippen LogP contribution in [0.25, 0.3) is 0 Å². The number of aliphatic hydroxyl groups excluding tert-OH is 1. The number of hydrogen-bond donors (Lipinski definition) is 2. The third-order valence-corrected chi connectivity index (χ3v) is 3.32. The number of benzene rings is 1. The van der Waals surface area contributed by atoms with E-state index in [1.807, 2.05) is 0 Å². The fraction of sp³-hybridized carbons (Fsp3) is 0.500. The predicted octanol–water partition coefficient (Wildman–Crippen LogP) is 1.99. The van der Waals surface area contributed by atoms with E-state index in [-0.39, 0.29) is 0 Å². The van der Waals surface area contributed by atoms with Gasteiger partial charge in [0.15, 0.2) is 11.5 Å². The van der Waals surface area contributed by atoms with Gasteiger partial charge in [0.05, 0.1) is 24.7 Å². The zero-order valence-corrected chi connectivity index (χ0v) is 11.0. The van der Waals surface area contributed by atoms with E-state index >= 15 is 0 Å². The Morgan fingerprint density at radius 2 is 1.89 bits per heavy atom. The van der Waals surface area contributed by atoms with Crippen molar-refractivity contribution in [2.45, 2.75) is 26.4 Å². The van der Waals surface area contributed by atoms with E-state index in [0.717, 1.165) is 6.42 Å². The number of ether oxygens (including phenoxy) is 2. The quantitative estimate of drug-likeness (QED) is 0.875. The Bertz CT molecular complexity index is 481. The Balaban J connectivity index is 2.31. The molecule has 0 fully saturated rings. The van der Waals surface area contributed by atoms with Gasteiger partial charge in [0.25, 0.3) is 0 Å². The van der Waals surface area contributed by atoms with Crippen molar-refractivity contribution in [2.75, 3.05) is 13.2 Å². The molecule has 0 aromatic heterocycles. The van der Waals surface area contributed by atoms with Crippen LogP contribution in [-0.2, 0) is 4.79 Å². The van der Waals surface area contributed by atoms with Crippen LogP contribution in [0.2, 0.25) is 0 Å². The van der Waals surface area contributed by atoms with Crippen LogP contribution in [0.5, 0.6) is 11.5 Å².